The van der Waals surface area contributed by atoms with Gasteiger partial charge in [0.25, 0.3) is 0 Å². The van der Waals surface area contributed by atoms with E-state index < -0.39 is 0 Å². The molecule has 6 fully saturated rings. The molecule has 0 unspecified atom stereocenters. The number of anilines is 2. The smallest absolute Gasteiger partial charge is 0.206 e. The zero-order chi connectivity index (χ0) is 46.0. The van der Waals surface area contributed by atoms with Gasteiger partial charge in [-0.2, -0.15) is 0 Å². The summed E-state index contributed by atoms with van der Waals surface area (Å²) in [5, 5.41) is 0. The third kappa shape index (κ3) is 8.92. The second-order valence-corrected chi connectivity index (χ2v) is 22.1. The first-order chi connectivity index (χ1) is 34.1. The first-order valence-electron chi connectivity index (χ1n) is 27.9. The number of hydrogen-bond donors (Lipinski definition) is 0. The summed E-state index contributed by atoms with van der Waals surface area (Å²) in [5.41, 5.74) is 8.30. The quantitative estimate of drug-likeness (QED) is 0.127. The van der Waals surface area contributed by atoms with Crippen molar-refractivity contribution in [1.29, 1.82) is 0 Å². The summed E-state index contributed by atoms with van der Waals surface area (Å²) in [4.78, 5) is 21.8. The van der Waals surface area contributed by atoms with E-state index in [1.54, 1.807) is 11.1 Å². The van der Waals surface area contributed by atoms with Crippen molar-refractivity contribution in [2.45, 2.75) is 164 Å². The number of benzene rings is 4. The van der Waals surface area contributed by atoms with Gasteiger partial charge in [-0.1, -0.05) is 136 Å². The van der Waals surface area contributed by atoms with Crippen LogP contribution < -0.4 is 9.80 Å². The van der Waals surface area contributed by atoms with E-state index in [9.17, 15) is 0 Å². The Morgan fingerprint density at radius 2 is 0.725 bits per heavy atom. The predicted octanol–water partition coefficient (Wildman–Crippen LogP) is 12.8. The minimum Gasteiger partial charge on any atom is -0.375 e. The van der Waals surface area contributed by atoms with Gasteiger partial charge < -0.3 is 23.7 Å². The van der Waals surface area contributed by atoms with Crippen LogP contribution in [-0.4, -0.2) is 93.5 Å². The molecule has 6 aromatic rings. The topological polar surface area (TPSA) is 57.8 Å². The van der Waals surface area contributed by atoms with Crippen molar-refractivity contribution in [1.82, 2.24) is 28.9 Å². The lowest BCUT2D eigenvalue weighted by atomic mass is 9.79. The van der Waals surface area contributed by atoms with E-state index in [1.165, 1.54) is 126 Å². The third-order valence-electron chi connectivity index (χ3n) is 18.3. The monoisotopic (exact) mass is 927 g/mol. The second-order valence-electron chi connectivity index (χ2n) is 22.1. The molecule has 0 atom stereocenters. The molecular formula is C60H78N8O. The Hall–Kier alpha value is -4.70. The van der Waals surface area contributed by atoms with Crippen molar-refractivity contribution in [2.24, 2.45) is 0 Å². The fourth-order valence-corrected chi connectivity index (χ4v) is 14.7. The van der Waals surface area contributed by atoms with Crippen molar-refractivity contribution >= 4 is 34.0 Å². The van der Waals surface area contributed by atoms with Crippen LogP contribution in [0.4, 0.5) is 11.9 Å². The van der Waals surface area contributed by atoms with E-state index in [0.717, 1.165) is 89.1 Å². The maximum atomic E-state index is 7.04. The number of para-hydroxylation sites is 4. The molecule has 0 radical (unpaired) electrons. The normalized spacial score (nSPS) is 23.4. The standard InChI is InChI=1S/C60H78N8O/c1-2-16-36-59(35-15-1,47-19-7-5-8-20-47)65-43-27-49(28-44-65)67-55-25-13-11-23-53(55)61-57(67)63-39-31-51(32-40-63)69-52-33-41-64(42-34-52)58-62-54-24-12-14-26-56(54)68(58)50-29-45-66(46-30-50)60(37-17-3-4-18-38-60)48-21-9-6-10-22-48/h5-14,19-26,49-52H,1-4,15-18,27-46H2. The highest BCUT2D eigenvalue weighted by Crippen LogP contribution is 2.47. The number of aromatic nitrogens is 4. The molecule has 4 aliphatic heterocycles. The molecule has 364 valence electrons. The van der Waals surface area contributed by atoms with Gasteiger partial charge in [0.2, 0.25) is 11.9 Å². The molecule has 4 saturated heterocycles. The molecule has 6 heterocycles. The number of ether oxygens (including phenoxy) is 1. The Morgan fingerprint density at radius 1 is 0.377 bits per heavy atom. The van der Waals surface area contributed by atoms with Gasteiger partial charge in [-0.15, -0.1) is 0 Å². The van der Waals surface area contributed by atoms with Gasteiger partial charge in [-0.05, 0) is 112 Å². The first kappa shape index (κ1) is 45.4. The summed E-state index contributed by atoms with van der Waals surface area (Å²) in [6.07, 6.45) is 25.5. The van der Waals surface area contributed by atoms with Crippen LogP contribution in [0.15, 0.2) is 109 Å². The lowest BCUT2D eigenvalue weighted by molar-refractivity contribution is -0.0341. The first-order valence-corrected chi connectivity index (χ1v) is 27.9. The molecule has 9 heteroatoms. The molecule has 2 aliphatic carbocycles. The summed E-state index contributed by atoms with van der Waals surface area (Å²) in [6, 6.07) is 41.8. The van der Waals surface area contributed by atoms with Crippen LogP contribution in [0.5, 0.6) is 0 Å². The van der Waals surface area contributed by atoms with Crippen LogP contribution >= 0.6 is 0 Å². The van der Waals surface area contributed by atoms with Gasteiger partial charge in [0.05, 0.1) is 34.3 Å². The highest BCUT2D eigenvalue weighted by Gasteiger charge is 2.43. The van der Waals surface area contributed by atoms with Crippen molar-refractivity contribution in [3.8, 4) is 0 Å². The molecule has 2 aromatic heterocycles. The molecule has 12 rings (SSSR count). The lowest BCUT2D eigenvalue weighted by Gasteiger charge is -2.48. The Bertz CT molecular complexity index is 2400. The summed E-state index contributed by atoms with van der Waals surface area (Å²) in [6.45, 7) is 8.58. The molecule has 0 bridgehead atoms. The average molecular weight is 927 g/mol. The Labute approximate surface area is 412 Å². The van der Waals surface area contributed by atoms with E-state index in [4.69, 9.17) is 14.7 Å². The van der Waals surface area contributed by atoms with Crippen LogP contribution in [0.1, 0.15) is 152 Å². The van der Waals surface area contributed by atoms with Gasteiger partial charge in [-0.25, -0.2) is 9.97 Å². The van der Waals surface area contributed by atoms with E-state index >= 15 is 0 Å². The van der Waals surface area contributed by atoms with Crippen LogP contribution in [0.3, 0.4) is 0 Å². The van der Waals surface area contributed by atoms with E-state index in [-0.39, 0.29) is 11.1 Å². The van der Waals surface area contributed by atoms with Crippen LogP contribution in [0, 0.1) is 0 Å². The number of likely N-dealkylation sites (tertiary alicyclic amines) is 2. The van der Waals surface area contributed by atoms with Crippen molar-refractivity contribution in [3.05, 3.63) is 120 Å². The highest BCUT2D eigenvalue weighted by atomic mass is 16.5. The minimum atomic E-state index is 0.178. The van der Waals surface area contributed by atoms with E-state index in [0.29, 0.717) is 24.3 Å². The number of nitrogens with zero attached hydrogens (tertiary/aromatic N) is 8. The minimum absolute atomic E-state index is 0.178. The van der Waals surface area contributed by atoms with Gasteiger partial charge in [-0.3, -0.25) is 9.80 Å². The van der Waals surface area contributed by atoms with E-state index in [2.05, 4.69) is 138 Å². The second kappa shape index (κ2) is 20.2. The zero-order valence-electron chi connectivity index (χ0n) is 41.5. The van der Waals surface area contributed by atoms with Crippen LogP contribution in [0.2, 0.25) is 0 Å². The molecule has 69 heavy (non-hydrogen) atoms. The van der Waals surface area contributed by atoms with Crippen molar-refractivity contribution < 1.29 is 4.74 Å². The Kier molecular flexibility index (Phi) is 13.3. The Morgan fingerprint density at radius 3 is 1.10 bits per heavy atom. The average Bonchev–Trinajstić information content (AvgIpc) is 3.75. The van der Waals surface area contributed by atoms with Crippen molar-refractivity contribution in [2.75, 3.05) is 62.2 Å². The third-order valence-corrected chi connectivity index (χ3v) is 18.3. The van der Waals surface area contributed by atoms with Gasteiger partial charge in [0.1, 0.15) is 0 Å². The van der Waals surface area contributed by atoms with Gasteiger partial charge in [0.15, 0.2) is 0 Å². The zero-order valence-corrected chi connectivity index (χ0v) is 41.5. The van der Waals surface area contributed by atoms with Crippen LogP contribution in [-0.2, 0) is 15.8 Å². The fraction of sp³-hybridized carbons (Fsp3) is 0.567. The molecule has 0 spiro atoms. The molecule has 0 amide bonds. The van der Waals surface area contributed by atoms with Gasteiger partial charge >= 0.3 is 0 Å². The predicted molar refractivity (Wildman–Crippen MR) is 282 cm³/mol. The molecule has 2 saturated carbocycles. The maximum Gasteiger partial charge on any atom is 0.206 e. The number of fused-ring (bicyclic) bond motifs is 2. The summed E-state index contributed by atoms with van der Waals surface area (Å²) in [7, 11) is 0. The summed E-state index contributed by atoms with van der Waals surface area (Å²) >= 11 is 0. The summed E-state index contributed by atoms with van der Waals surface area (Å²) < 4.78 is 12.4. The molecule has 0 N–H and O–H groups in total. The molecular weight excluding hydrogens is 849 g/mol. The maximum absolute atomic E-state index is 7.04. The summed E-state index contributed by atoms with van der Waals surface area (Å²) in [5.74, 6) is 2.37. The van der Waals surface area contributed by atoms with Crippen molar-refractivity contribution in [3.63, 3.8) is 0 Å². The van der Waals surface area contributed by atoms with Crippen LogP contribution in [0.25, 0.3) is 22.1 Å². The number of imidazole rings is 2. The number of piperidine rings is 4. The number of hydrogen-bond acceptors (Lipinski definition) is 7. The fourth-order valence-electron chi connectivity index (χ4n) is 14.7. The highest BCUT2D eigenvalue weighted by molar-refractivity contribution is 5.80. The van der Waals surface area contributed by atoms with Gasteiger partial charge in [0, 0.05) is 75.5 Å². The Balaban J connectivity index is 0.682. The largest absolute Gasteiger partial charge is 0.375 e. The lowest BCUT2D eigenvalue weighted by Crippen LogP contribution is -2.50. The molecule has 6 aliphatic rings. The molecule has 4 aromatic carbocycles. The number of rotatable bonds is 10. The SMILES string of the molecule is c1ccc(C2(N3CCC(n4c(N5CCC(OC6CCN(c7nc8ccccc8n7C7CCN(C8(c9ccccc9)CCCCCC8)CC7)CC6)CC5)nc5ccccc54)CC3)CCCCCC2)cc1. The van der Waals surface area contributed by atoms with E-state index in [1.807, 2.05) is 0 Å². The molecule has 9 nitrogen and oxygen atoms in total.